The van der Waals surface area contributed by atoms with Crippen molar-refractivity contribution in [2.24, 2.45) is 5.41 Å². The first-order valence-electron chi connectivity index (χ1n) is 16.3. The zero-order valence-corrected chi connectivity index (χ0v) is 30.7. The van der Waals surface area contributed by atoms with E-state index in [9.17, 15) is 13.2 Å². The van der Waals surface area contributed by atoms with E-state index in [0.29, 0.717) is 32.8 Å². The first-order chi connectivity index (χ1) is 20.9. The van der Waals surface area contributed by atoms with Gasteiger partial charge in [0.1, 0.15) is 11.7 Å². The van der Waals surface area contributed by atoms with Gasteiger partial charge in [0.15, 0.2) is 0 Å². The molecule has 4 atom stereocenters. The molecule has 0 amide bonds. The molecule has 2 unspecified atom stereocenters. The molecule has 0 bridgehead atoms. The molecule has 2 aromatic rings. The Bertz CT molecular complexity index is 1420. The lowest BCUT2D eigenvalue weighted by molar-refractivity contribution is -0.137. The van der Waals surface area contributed by atoms with E-state index in [1.165, 1.54) is 23.3 Å². The van der Waals surface area contributed by atoms with Gasteiger partial charge < -0.3 is 18.6 Å². The summed E-state index contributed by atoms with van der Waals surface area (Å²) in [6.45, 7) is 18.5. The van der Waals surface area contributed by atoms with Crippen LogP contribution in [0.2, 0.25) is 18.1 Å². The molecule has 10 heteroatoms. The summed E-state index contributed by atoms with van der Waals surface area (Å²) in [5, 5.41) is 0.0226. The Balaban J connectivity index is 1.63. The minimum Gasteiger partial charge on any atom is -0.559 e. The summed E-state index contributed by atoms with van der Waals surface area (Å²) < 4.78 is 67.3. The van der Waals surface area contributed by atoms with Gasteiger partial charge in [-0.05, 0) is 57.1 Å². The van der Waals surface area contributed by atoms with Gasteiger partial charge in [-0.2, -0.15) is 13.2 Å². The highest BCUT2D eigenvalue weighted by Crippen LogP contribution is 2.60. The highest BCUT2D eigenvalue weighted by atomic mass is 127. The molecule has 3 aliphatic heterocycles. The number of rotatable bonds is 4. The maximum absolute atomic E-state index is 13.6. The van der Waals surface area contributed by atoms with E-state index in [2.05, 4.69) is 70.3 Å². The highest BCUT2D eigenvalue weighted by Gasteiger charge is 2.56. The molecule has 1 aromatic carbocycles. The summed E-state index contributed by atoms with van der Waals surface area (Å²) in [6, 6.07) is 5.55. The molecule has 1 aliphatic carbocycles. The number of halogens is 4. The predicted molar refractivity (Wildman–Crippen MR) is 179 cm³/mol. The lowest BCUT2D eigenvalue weighted by Gasteiger charge is -2.54. The molecule has 2 saturated heterocycles. The summed E-state index contributed by atoms with van der Waals surface area (Å²) in [5.41, 5.74) is 4.93. The van der Waals surface area contributed by atoms with E-state index < -0.39 is 31.8 Å². The van der Waals surface area contributed by atoms with Gasteiger partial charge in [-0.25, -0.2) is 0 Å². The Morgan fingerprint density at radius 2 is 1.64 bits per heavy atom. The van der Waals surface area contributed by atoms with Crippen LogP contribution in [0.15, 0.2) is 24.3 Å². The fourth-order valence-electron chi connectivity index (χ4n) is 7.46. The standard InChI is InChI=1S/C35H47F3INO4Si/c1-32(2,3)45(6,7)44-25-19-33(4,5)18-24-27(25)29-28(30(40-24)21-12-15-41-16-13-21)31(43-34(29)14-17-42-20-26(34)39)22-8-10-23(11-9-22)35(36,37)38/h8-11,21,25-26,31H,12-20H2,1-7H3/q-1/t25-,26?,31+,34?/m0/s1. The summed E-state index contributed by atoms with van der Waals surface area (Å²) in [7, 11) is -2.20. The fourth-order valence-corrected chi connectivity index (χ4v) is 9.75. The maximum Gasteiger partial charge on any atom is 0.416 e. The van der Waals surface area contributed by atoms with Gasteiger partial charge in [0.25, 0.3) is 0 Å². The van der Waals surface area contributed by atoms with Gasteiger partial charge in [-0.3, -0.25) is 4.98 Å². The number of ether oxygens (including phenoxy) is 3. The van der Waals surface area contributed by atoms with Gasteiger partial charge in [-0.15, -0.1) is 18.1 Å². The van der Waals surface area contributed by atoms with Crippen LogP contribution in [0.3, 0.4) is 0 Å². The average Bonchev–Trinajstić information content (AvgIpc) is 3.28. The largest absolute Gasteiger partial charge is 0.559 e. The summed E-state index contributed by atoms with van der Waals surface area (Å²) in [4.78, 5) is 5.57. The number of pyridine rings is 1. The third-order valence-electron chi connectivity index (χ3n) is 10.9. The fraction of sp³-hybridized carbons (Fsp3) is 0.686. The Labute approximate surface area is 280 Å². The van der Waals surface area contributed by atoms with Crippen molar-refractivity contribution in [3.8, 4) is 0 Å². The van der Waals surface area contributed by atoms with Crippen LogP contribution in [0.25, 0.3) is 0 Å². The molecule has 0 radical (unpaired) electrons. The minimum absolute atomic E-state index is 0.00688. The van der Waals surface area contributed by atoms with Gasteiger partial charge >= 0.3 is 6.18 Å². The van der Waals surface area contributed by atoms with E-state index in [0.717, 1.165) is 48.2 Å². The zero-order chi connectivity index (χ0) is 32.6. The number of aromatic nitrogens is 1. The predicted octanol–water partition coefficient (Wildman–Crippen LogP) is 9.57. The lowest BCUT2D eigenvalue weighted by atomic mass is 9.69. The van der Waals surface area contributed by atoms with E-state index in [1.54, 1.807) is 12.1 Å². The molecule has 249 valence electrons. The second-order valence-corrected chi connectivity index (χ2v) is 22.0. The van der Waals surface area contributed by atoms with Crippen LogP contribution < -0.4 is 0 Å². The smallest absolute Gasteiger partial charge is 0.416 e. The SMILES string of the molecule is CC1(C)Cc2nc(C3CCOCC3)c3c(c2[C@@H](O[Si-](C)(C)C(C)(C)C)C1)C1(CCOCC1I)O[C@@H]3c1ccc(C(F)(F)F)cc1. The minimum atomic E-state index is -4.41. The third kappa shape index (κ3) is 6.18. The number of benzene rings is 1. The van der Waals surface area contributed by atoms with Crippen LogP contribution in [0.5, 0.6) is 0 Å². The van der Waals surface area contributed by atoms with Crippen LogP contribution in [0.1, 0.15) is 118 Å². The summed E-state index contributed by atoms with van der Waals surface area (Å²) >= 11 is 2.48. The molecule has 5 nitrogen and oxygen atoms in total. The topological polar surface area (TPSA) is 49.8 Å². The van der Waals surface area contributed by atoms with Gasteiger partial charge in [-0.1, -0.05) is 69.3 Å². The van der Waals surface area contributed by atoms with Crippen LogP contribution in [0.4, 0.5) is 13.2 Å². The van der Waals surface area contributed by atoms with Crippen LogP contribution >= 0.6 is 22.6 Å². The molecule has 0 N–H and O–H groups in total. The van der Waals surface area contributed by atoms with Crippen molar-refractivity contribution in [3.63, 3.8) is 0 Å². The summed E-state index contributed by atoms with van der Waals surface area (Å²) in [5.74, 6) is 0.186. The Kier molecular flexibility index (Phi) is 8.89. The van der Waals surface area contributed by atoms with Crippen molar-refractivity contribution >= 4 is 30.9 Å². The molecular formula is C35H47F3INO4Si-. The summed E-state index contributed by atoms with van der Waals surface area (Å²) in [6.07, 6.45) is -0.983. The Hall–Kier alpha value is -1.05. The van der Waals surface area contributed by atoms with Crippen molar-refractivity contribution in [1.82, 2.24) is 4.98 Å². The van der Waals surface area contributed by atoms with Crippen molar-refractivity contribution in [3.05, 3.63) is 63.5 Å². The van der Waals surface area contributed by atoms with E-state index >= 15 is 0 Å². The van der Waals surface area contributed by atoms with Gasteiger partial charge in [0.05, 0.1) is 21.8 Å². The zero-order valence-electron chi connectivity index (χ0n) is 27.6. The first-order valence-corrected chi connectivity index (χ1v) is 20.5. The monoisotopic (exact) mass is 757 g/mol. The molecule has 2 fully saturated rings. The Morgan fingerprint density at radius 1 is 0.978 bits per heavy atom. The lowest BCUT2D eigenvalue weighted by Crippen LogP contribution is -2.47. The number of alkyl halides is 4. The molecule has 45 heavy (non-hydrogen) atoms. The number of nitrogens with zero attached hydrogens (tertiary/aromatic N) is 1. The van der Waals surface area contributed by atoms with Crippen molar-refractivity contribution in [2.75, 3.05) is 26.4 Å². The van der Waals surface area contributed by atoms with Gasteiger partial charge in [0.2, 0.25) is 0 Å². The van der Waals surface area contributed by atoms with Crippen LogP contribution in [-0.4, -0.2) is 43.7 Å². The van der Waals surface area contributed by atoms with E-state index in [-0.39, 0.29) is 26.4 Å². The number of fused-ring (bicyclic) bond motifs is 4. The van der Waals surface area contributed by atoms with Crippen LogP contribution in [0, 0.1) is 5.41 Å². The number of hydrogen-bond acceptors (Lipinski definition) is 5. The second-order valence-electron chi connectivity index (χ2n) is 15.7. The molecule has 6 rings (SSSR count). The van der Waals surface area contributed by atoms with E-state index in [1.807, 2.05) is 0 Å². The van der Waals surface area contributed by atoms with Gasteiger partial charge in [0, 0.05) is 60.6 Å². The molecule has 0 saturated carbocycles. The van der Waals surface area contributed by atoms with Crippen LogP contribution in [-0.2, 0) is 36.8 Å². The molecule has 4 heterocycles. The second kappa shape index (κ2) is 11.8. The van der Waals surface area contributed by atoms with E-state index in [4.69, 9.17) is 23.6 Å². The normalized spacial score (nSPS) is 29.1. The molecular weight excluding hydrogens is 710 g/mol. The Morgan fingerprint density at radius 3 is 2.24 bits per heavy atom. The molecule has 1 spiro atoms. The van der Waals surface area contributed by atoms with Crippen molar-refractivity contribution in [2.45, 2.75) is 119 Å². The van der Waals surface area contributed by atoms with Crippen molar-refractivity contribution in [1.29, 1.82) is 0 Å². The average molecular weight is 758 g/mol. The maximum atomic E-state index is 13.6. The first kappa shape index (κ1) is 33.8. The third-order valence-corrected chi connectivity index (χ3v) is 16.7. The quantitative estimate of drug-likeness (QED) is 0.177. The van der Waals surface area contributed by atoms with Crippen molar-refractivity contribution < 1.29 is 31.8 Å². The highest BCUT2D eigenvalue weighted by molar-refractivity contribution is 14.1. The molecule has 4 aliphatic rings. The molecule has 1 aromatic heterocycles. The number of hydrogen-bond donors (Lipinski definition) is 0.